The molecule has 0 radical (unpaired) electrons. The summed E-state index contributed by atoms with van der Waals surface area (Å²) < 4.78 is 0. The van der Waals surface area contributed by atoms with Crippen LogP contribution >= 0.6 is 0 Å². The maximum absolute atomic E-state index is 11.8. The average molecular weight is 224 g/mol. The molecule has 1 aliphatic rings. The summed E-state index contributed by atoms with van der Waals surface area (Å²) in [5, 5.41) is 16.2. The molecule has 0 spiro atoms. The third-order valence-electron chi connectivity index (χ3n) is 3.12. The number of hydrogen-bond acceptors (Lipinski definition) is 3. The Morgan fingerprint density at radius 3 is 2.44 bits per heavy atom. The molecular weight excluding hydrogens is 204 g/mol. The van der Waals surface area contributed by atoms with E-state index in [0.717, 1.165) is 26.2 Å². The number of carbonyl (C=O) groups excluding carboxylic acids is 1. The molecule has 1 saturated heterocycles. The number of likely N-dealkylation sites (N-methyl/N-ethyl adjacent to an activating group) is 1. The quantitative estimate of drug-likeness (QED) is 0.450. The highest BCUT2D eigenvalue weighted by Gasteiger charge is 2.27. The molecule has 0 bridgehead atoms. The van der Waals surface area contributed by atoms with E-state index in [2.05, 4.69) is 7.05 Å². The molecule has 1 rings (SSSR count). The van der Waals surface area contributed by atoms with Crippen LogP contribution in [0.25, 0.3) is 0 Å². The molecule has 0 aliphatic carbocycles. The van der Waals surface area contributed by atoms with Gasteiger partial charge in [-0.05, 0) is 6.92 Å². The lowest BCUT2D eigenvalue weighted by Gasteiger charge is -2.27. The van der Waals surface area contributed by atoms with Crippen LogP contribution in [0.5, 0.6) is 0 Å². The number of piperazine rings is 1. The predicted molar refractivity (Wildman–Crippen MR) is 59.7 cm³/mol. The fraction of sp³-hybridized carbons (Fsp3) is 0.727. The number of quaternary nitrogens is 2. The number of nitriles is 1. The highest BCUT2D eigenvalue weighted by molar-refractivity contribution is 6.05. The van der Waals surface area contributed by atoms with Gasteiger partial charge in [-0.2, -0.15) is 5.26 Å². The normalized spacial score (nSPS) is 26.8. The Morgan fingerprint density at radius 2 is 2.00 bits per heavy atom. The highest BCUT2D eigenvalue weighted by atomic mass is 16.1. The van der Waals surface area contributed by atoms with E-state index >= 15 is 0 Å². The molecule has 5 heteroatoms. The summed E-state index contributed by atoms with van der Waals surface area (Å²) in [5.74, 6) is -0.941. The Bertz CT molecular complexity index is 312. The SMILES string of the molecule is CC(=N)C(C#N)C(=O)C[NH+]1CC[NH+](C)CC1. The minimum Gasteiger partial charge on any atom is -0.328 e. The predicted octanol–water partition coefficient (Wildman–Crippen LogP) is -2.85. The number of rotatable bonds is 4. The van der Waals surface area contributed by atoms with Crippen molar-refractivity contribution in [3.8, 4) is 6.07 Å². The first-order valence-corrected chi connectivity index (χ1v) is 5.67. The second-order valence-corrected chi connectivity index (χ2v) is 4.60. The van der Waals surface area contributed by atoms with Gasteiger partial charge in [0.25, 0.3) is 0 Å². The Morgan fingerprint density at radius 1 is 1.44 bits per heavy atom. The van der Waals surface area contributed by atoms with Crippen molar-refractivity contribution in [2.45, 2.75) is 6.92 Å². The summed E-state index contributed by atoms with van der Waals surface area (Å²) in [7, 11) is 2.15. The van der Waals surface area contributed by atoms with E-state index in [0.29, 0.717) is 6.54 Å². The lowest BCUT2D eigenvalue weighted by molar-refractivity contribution is -1.000. The maximum Gasteiger partial charge on any atom is 0.209 e. The first-order chi connectivity index (χ1) is 7.54. The minimum absolute atomic E-state index is 0.107. The van der Waals surface area contributed by atoms with Gasteiger partial charge in [0.2, 0.25) is 5.78 Å². The van der Waals surface area contributed by atoms with Crippen LogP contribution in [0.2, 0.25) is 0 Å². The Kier molecular flexibility index (Phi) is 4.59. The van der Waals surface area contributed by atoms with Crippen LogP contribution in [0.1, 0.15) is 6.92 Å². The molecule has 1 atom stereocenters. The van der Waals surface area contributed by atoms with E-state index in [9.17, 15) is 4.79 Å². The largest absolute Gasteiger partial charge is 0.328 e. The Hall–Kier alpha value is -1.25. The molecule has 1 aliphatic heterocycles. The van der Waals surface area contributed by atoms with Gasteiger partial charge in [0.1, 0.15) is 38.6 Å². The van der Waals surface area contributed by atoms with E-state index < -0.39 is 5.92 Å². The summed E-state index contributed by atoms with van der Waals surface area (Å²) in [5.41, 5.74) is 0.159. The van der Waals surface area contributed by atoms with Crippen molar-refractivity contribution in [3.05, 3.63) is 0 Å². The molecule has 16 heavy (non-hydrogen) atoms. The standard InChI is InChI=1S/C11H18N4O/c1-9(13)10(7-12)11(16)8-15-5-3-14(2)4-6-15/h10,13H,3-6,8H2,1-2H3/p+2. The van der Waals surface area contributed by atoms with Gasteiger partial charge in [0, 0.05) is 5.71 Å². The average Bonchev–Trinajstić information content (AvgIpc) is 2.22. The van der Waals surface area contributed by atoms with Crippen molar-refractivity contribution in [2.24, 2.45) is 5.92 Å². The lowest BCUT2D eigenvalue weighted by atomic mass is 10.0. The number of carbonyl (C=O) groups is 1. The second-order valence-electron chi connectivity index (χ2n) is 4.60. The fourth-order valence-corrected chi connectivity index (χ4v) is 1.97. The zero-order valence-electron chi connectivity index (χ0n) is 9.97. The number of Topliss-reactive ketones (excluding diaryl/α,β-unsaturated/α-hetero) is 1. The zero-order valence-corrected chi connectivity index (χ0v) is 9.97. The zero-order chi connectivity index (χ0) is 12.1. The van der Waals surface area contributed by atoms with Gasteiger partial charge in [0.15, 0.2) is 0 Å². The van der Waals surface area contributed by atoms with Crippen molar-refractivity contribution in [3.63, 3.8) is 0 Å². The van der Waals surface area contributed by atoms with Crippen molar-refractivity contribution >= 4 is 11.5 Å². The second kappa shape index (κ2) is 5.73. The highest BCUT2D eigenvalue weighted by Crippen LogP contribution is 1.96. The van der Waals surface area contributed by atoms with Crippen LogP contribution in [0.3, 0.4) is 0 Å². The van der Waals surface area contributed by atoms with Crippen LogP contribution in [0.15, 0.2) is 0 Å². The molecule has 1 unspecified atom stereocenters. The molecule has 5 nitrogen and oxygen atoms in total. The summed E-state index contributed by atoms with van der Waals surface area (Å²) in [6.45, 7) is 6.02. The van der Waals surface area contributed by atoms with E-state index in [1.165, 1.54) is 16.7 Å². The summed E-state index contributed by atoms with van der Waals surface area (Å²) in [4.78, 5) is 14.5. The van der Waals surface area contributed by atoms with Gasteiger partial charge in [-0.1, -0.05) is 0 Å². The van der Waals surface area contributed by atoms with Crippen LogP contribution < -0.4 is 9.80 Å². The fourth-order valence-electron chi connectivity index (χ4n) is 1.97. The third-order valence-corrected chi connectivity index (χ3v) is 3.12. The number of ketones is 1. The van der Waals surface area contributed by atoms with Gasteiger partial charge in [-0.3, -0.25) is 4.79 Å². The molecule has 88 valence electrons. The van der Waals surface area contributed by atoms with Gasteiger partial charge < -0.3 is 15.2 Å². The molecule has 0 amide bonds. The topological polar surface area (TPSA) is 73.6 Å². The third kappa shape index (κ3) is 3.40. The van der Waals surface area contributed by atoms with Crippen LogP contribution in [0.4, 0.5) is 0 Å². The first-order valence-electron chi connectivity index (χ1n) is 5.67. The monoisotopic (exact) mass is 224 g/mol. The van der Waals surface area contributed by atoms with E-state index in [-0.39, 0.29) is 11.5 Å². The van der Waals surface area contributed by atoms with Gasteiger partial charge in [-0.15, -0.1) is 0 Å². The Balaban J connectivity index is 2.45. The minimum atomic E-state index is -0.834. The number of nitrogens with one attached hydrogen (secondary N) is 3. The lowest BCUT2D eigenvalue weighted by Crippen LogP contribution is -3.27. The summed E-state index contributed by atoms with van der Waals surface area (Å²) in [6.07, 6.45) is 0. The van der Waals surface area contributed by atoms with Crippen molar-refractivity contribution < 1.29 is 14.6 Å². The Labute approximate surface area is 96.1 Å². The van der Waals surface area contributed by atoms with E-state index in [4.69, 9.17) is 10.7 Å². The summed E-state index contributed by atoms with van der Waals surface area (Å²) in [6, 6.07) is 1.91. The molecule has 0 saturated carbocycles. The number of hydrogen-bond donors (Lipinski definition) is 3. The van der Waals surface area contributed by atoms with E-state index in [1.807, 2.05) is 6.07 Å². The molecule has 0 aromatic carbocycles. The van der Waals surface area contributed by atoms with Crippen molar-refractivity contribution in [1.82, 2.24) is 0 Å². The molecule has 1 fully saturated rings. The van der Waals surface area contributed by atoms with E-state index in [1.54, 1.807) is 0 Å². The maximum atomic E-state index is 11.8. The summed E-state index contributed by atoms with van der Waals surface area (Å²) >= 11 is 0. The smallest absolute Gasteiger partial charge is 0.209 e. The van der Waals surface area contributed by atoms with Crippen molar-refractivity contribution in [2.75, 3.05) is 39.8 Å². The van der Waals surface area contributed by atoms with Crippen LogP contribution in [0, 0.1) is 22.7 Å². The molecule has 1 heterocycles. The molecule has 0 aromatic heterocycles. The first kappa shape index (κ1) is 12.8. The van der Waals surface area contributed by atoms with Crippen molar-refractivity contribution in [1.29, 1.82) is 10.7 Å². The molecular formula is C11H20N4O+2. The van der Waals surface area contributed by atoms with Crippen LogP contribution in [-0.2, 0) is 4.79 Å². The van der Waals surface area contributed by atoms with Crippen LogP contribution in [-0.4, -0.2) is 51.3 Å². The molecule has 0 aromatic rings. The molecule has 3 N–H and O–H groups in total. The number of nitrogens with zero attached hydrogens (tertiary/aromatic N) is 1. The van der Waals surface area contributed by atoms with Gasteiger partial charge >= 0.3 is 0 Å². The van der Waals surface area contributed by atoms with Gasteiger partial charge in [0.05, 0.1) is 13.1 Å². The van der Waals surface area contributed by atoms with Gasteiger partial charge in [-0.25, -0.2) is 0 Å².